The summed E-state index contributed by atoms with van der Waals surface area (Å²) in [4.78, 5) is 38.4. The van der Waals surface area contributed by atoms with Crippen molar-refractivity contribution in [3.8, 4) is 0 Å². The number of hydrogen-bond acceptors (Lipinski definition) is 10. The van der Waals surface area contributed by atoms with Gasteiger partial charge in [-0.1, -0.05) is 54.6 Å². The topological polar surface area (TPSA) is 120 Å². The van der Waals surface area contributed by atoms with Crippen LogP contribution in [0.3, 0.4) is 0 Å². The molecule has 5 unspecified atom stereocenters. The average Bonchev–Trinajstić information content (AvgIpc) is 3.67. The number of rotatable bonds is 10. The monoisotopic (exact) mass is 632 g/mol. The highest BCUT2D eigenvalue weighted by molar-refractivity contribution is 7.97. The minimum Gasteiger partial charge on any atom is -0.691 e. The zero-order valence-electron chi connectivity index (χ0n) is 22.4. The second kappa shape index (κ2) is 13.9. The van der Waals surface area contributed by atoms with Crippen molar-refractivity contribution in [3.05, 3.63) is 91.0 Å². The lowest BCUT2D eigenvalue weighted by molar-refractivity contribution is -0.777. The highest BCUT2D eigenvalue weighted by atomic mass is 32.2. The molecular weight excluding hydrogens is 606 g/mol. The van der Waals surface area contributed by atoms with Gasteiger partial charge < -0.3 is 19.5 Å². The number of fused-ring (bicyclic) bond motifs is 1. The van der Waals surface area contributed by atoms with Gasteiger partial charge in [-0.15, -0.1) is 0 Å². The fraction of sp³-hybridized carbons (Fsp3) is 0.300. The number of halogens is 2. The van der Waals surface area contributed by atoms with Gasteiger partial charge in [0.15, 0.2) is 21.3 Å². The van der Waals surface area contributed by atoms with Gasteiger partial charge in [-0.2, -0.15) is 13.1 Å². The number of alkyl halides is 2. The van der Waals surface area contributed by atoms with Crippen LogP contribution in [0.4, 0.5) is 8.78 Å². The van der Waals surface area contributed by atoms with E-state index in [-0.39, 0.29) is 34.6 Å². The van der Waals surface area contributed by atoms with Gasteiger partial charge in [0.25, 0.3) is 0 Å². The van der Waals surface area contributed by atoms with Crippen LogP contribution in [-0.2, 0) is 48.9 Å². The van der Waals surface area contributed by atoms with Crippen molar-refractivity contribution in [3.63, 3.8) is 0 Å². The zero-order chi connectivity index (χ0) is 30.4. The molecule has 3 aromatic rings. The minimum atomic E-state index is -4.23. The summed E-state index contributed by atoms with van der Waals surface area (Å²) < 4.78 is 43.9. The lowest BCUT2D eigenvalue weighted by Gasteiger charge is -2.25. The van der Waals surface area contributed by atoms with Crippen LogP contribution in [0.1, 0.15) is 12.8 Å². The van der Waals surface area contributed by atoms with E-state index in [1.807, 2.05) is 0 Å². The number of carbonyl (C=O) groups excluding carboxylic acids is 3. The largest absolute Gasteiger partial charge is 0.691 e. The SMILES string of the molecule is O=C(COC(=O)C(F)(F)SOO[O-])OC1C2CC3C(=O)OC1C3C2.c1ccc([S+](c2ccccc2)c2ccccc2)cc1. The Balaban J connectivity index is 0.000000176. The Bertz CT molecular complexity index is 1300. The predicted molar refractivity (Wildman–Crippen MR) is 147 cm³/mol. The summed E-state index contributed by atoms with van der Waals surface area (Å²) in [6.45, 7) is -1.05. The van der Waals surface area contributed by atoms with Gasteiger partial charge in [-0.3, -0.25) is 9.83 Å². The van der Waals surface area contributed by atoms with Crippen LogP contribution in [0.2, 0.25) is 0 Å². The maximum Gasteiger partial charge on any atom is 0.415 e. The minimum absolute atomic E-state index is 0.00724. The highest BCUT2D eigenvalue weighted by Gasteiger charge is 2.63. The molecule has 0 radical (unpaired) electrons. The fourth-order valence-electron chi connectivity index (χ4n) is 5.63. The van der Waals surface area contributed by atoms with Gasteiger partial charge in [0.1, 0.15) is 24.3 Å². The van der Waals surface area contributed by atoms with Crippen LogP contribution < -0.4 is 5.26 Å². The molecule has 43 heavy (non-hydrogen) atoms. The summed E-state index contributed by atoms with van der Waals surface area (Å²) in [6.07, 6.45) is 0.0652. The number of ether oxygens (including phenoxy) is 3. The third-order valence-corrected chi connectivity index (χ3v) is 10.1. The van der Waals surface area contributed by atoms with Crippen molar-refractivity contribution in [1.82, 2.24) is 0 Å². The summed E-state index contributed by atoms with van der Waals surface area (Å²) in [6, 6.07) is 32.2. The van der Waals surface area contributed by atoms with Crippen LogP contribution in [0, 0.1) is 17.8 Å². The van der Waals surface area contributed by atoms with Gasteiger partial charge in [-0.25, -0.2) is 9.59 Å². The van der Waals surface area contributed by atoms with E-state index in [2.05, 4.69) is 105 Å². The summed E-state index contributed by atoms with van der Waals surface area (Å²) in [5.41, 5.74) is 0. The molecule has 2 saturated carbocycles. The smallest absolute Gasteiger partial charge is 0.415 e. The molecular formula is C30H26F2O9S2. The summed E-state index contributed by atoms with van der Waals surface area (Å²) in [5, 5.41) is 7.94. The van der Waals surface area contributed by atoms with Crippen molar-refractivity contribution in [1.29, 1.82) is 0 Å². The van der Waals surface area contributed by atoms with E-state index >= 15 is 0 Å². The molecule has 5 atom stereocenters. The molecule has 0 aromatic heterocycles. The predicted octanol–water partition coefficient (Wildman–Crippen LogP) is 4.27. The van der Waals surface area contributed by atoms with Crippen LogP contribution in [0.25, 0.3) is 0 Å². The van der Waals surface area contributed by atoms with Crippen molar-refractivity contribution in [2.75, 3.05) is 6.61 Å². The van der Waals surface area contributed by atoms with E-state index in [0.29, 0.717) is 12.8 Å². The molecule has 0 spiro atoms. The highest BCUT2D eigenvalue weighted by Crippen LogP contribution is 2.55. The van der Waals surface area contributed by atoms with Crippen LogP contribution in [0.15, 0.2) is 106 Å². The van der Waals surface area contributed by atoms with Crippen molar-refractivity contribution in [2.24, 2.45) is 17.8 Å². The van der Waals surface area contributed by atoms with Gasteiger partial charge in [0.05, 0.1) is 16.8 Å². The van der Waals surface area contributed by atoms with E-state index < -0.39 is 48.1 Å². The third kappa shape index (κ3) is 7.19. The van der Waals surface area contributed by atoms with Gasteiger partial charge in [0, 0.05) is 11.8 Å². The standard InChI is InChI=1S/C18H15S.C12H12F2O9S/c1-4-10-16(11-5-1)19(17-12-6-2-7-13-17)18-14-8-3-9-15-18;13-12(14,24-23-22-18)11(17)19-3-7(15)20-8-4-1-5-6(2-4)10(16)21-9(5)8/h1-15H;4-6,8-9,18H,1-3H2/q+1;/p-1. The number of esters is 3. The average molecular weight is 633 g/mol. The molecule has 2 aliphatic carbocycles. The second-order valence-electron chi connectivity index (χ2n) is 9.92. The Morgan fingerprint density at radius 1 is 0.907 bits per heavy atom. The summed E-state index contributed by atoms with van der Waals surface area (Å²) >= 11 is -0.861. The molecule has 1 saturated heterocycles. The first-order chi connectivity index (χ1) is 20.8. The molecule has 226 valence electrons. The fourth-order valence-corrected chi connectivity index (χ4v) is 7.97. The summed E-state index contributed by atoms with van der Waals surface area (Å²) in [5.74, 6) is -3.63. The lowest BCUT2D eigenvalue weighted by atomic mass is 9.88. The molecule has 3 aliphatic rings. The maximum absolute atomic E-state index is 13.1. The Morgan fingerprint density at radius 2 is 1.44 bits per heavy atom. The maximum atomic E-state index is 13.1. The second-order valence-corrected chi connectivity index (χ2v) is 12.8. The van der Waals surface area contributed by atoms with Gasteiger partial charge in [-0.05, 0) is 49.2 Å². The molecule has 2 bridgehead atoms. The molecule has 13 heteroatoms. The van der Waals surface area contributed by atoms with Gasteiger partial charge >= 0.3 is 23.2 Å². The molecule has 3 aromatic carbocycles. The van der Waals surface area contributed by atoms with Crippen molar-refractivity contribution in [2.45, 2.75) is 45.0 Å². The number of hydrogen-bond donors (Lipinski definition) is 0. The first-order valence-corrected chi connectivity index (χ1v) is 15.2. The van der Waals surface area contributed by atoms with Crippen molar-refractivity contribution < 1.29 is 52.0 Å². The summed E-state index contributed by atoms with van der Waals surface area (Å²) in [7, 11) is -0.0146. The molecule has 6 rings (SSSR count). The van der Waals surface area contributed by atoms with Crippen LogP contribution in [0.5, 0.6) is 0 Å². The van der Waals surface area contributed by atoms with Crippen molar-refractivity contribution >= 4 is 40.8 Å². The van der Waals surface area contributed by atoms with E-state index in [9.17, 15) is 28.4 Å². The Morgan fingerprint density at radius 3 is 1.95 bits per heavy atom. The van der Waals surface area contributed by atoms with E-state index in [4.69, 9.17) is 9.47 Å². The van der Waals surface area contributed by atoms with Crippen LogP contribution >= 0.6 is 12.0 Å². The first-order valence-electron chi connectivity index (χ1n) is 13.3. The molecule has 9 nitrogen and oxygen atoms in total. The Kier molecular flexibility index (Phi) is 9.98. The molecule has 1 heterocycles. The van der Waals surface area contributed by atoms with Crippen LogP contribution in [-0.4, -0.2) is 42.0 Å². The van der Waals surface area contributed by atoms with Gasteiger partial charge in [0.2, 0.25) is 0 Å². The quantitative estimate of drug-likeness (QED) is 0.0801. The Hall–Kier alpha value is -3.49. The van der Waals surface area contributed by atoms with E-state index in [1.165, 1.54) is 14.7 Å². The van der Waals surface area contributed by atoms with E-state index in [0.717, 1.165) is 0 Å². The first kappa shape index (κ1) is 31.0. The number of benzene rings is 3. The normalized spacial score (nSPS) is 23.3. The van der Waals surface area contributed by atoms with E-state index in [1.54, 1.807) is 0 Å². The lowest BCUT2D eigenvalue weighted by Crippen LogP contribution is -2.37. The molecule has 0 amide bonds. The molecule has 0 N–H and O–H groups in total. The zero-order valence-corrected chi connectivity index (χ0v) is 24.0. The molecule has 3 fully saturated rings. The molecule has 1 aliphatic heterocycles. The number of carbonyl (C=O) groups is 3. The Labute approximate surface area is 252 Å². The third-order valence-electron chi connectivity index (χ3n) is 7.34.